The highest BCUT2D eigenvalue weighted by molar-refractivity contribution is 6.02. The van der Waals surface area contributed by atoms with Gasteiger partial charge in [0.1, 0.15) is 89.3 Å². The molecule has 6 rings (SSSR count). The summed E-state index contributed by atoms with van der Waals surface area (Å²) in [7, 11) is 0. The first-order chi connectivity index (χ1) is 59.6. The number of rotatable bonds is 32. The maximum Gasteiger partial charge on any atom is 0.303 e. The highest BCUT2D eigenvalue weighted by Gasteiger charge is 2.44. The minimum atomic E-state index is -2.05. The van der Waals surface area contributed by atoms with Gasteiger partial charge in [-0.3, -0.25) is 81.5 Å². The van der Waals surface area contributed by atoms with Crippen molar-refractivity contribution in [2.24, 2.45) is 23.3 Å². The van der Waals surface area contributed by atoms with E-state index in [0.29, 0.717) is 79.0 Å². The van der Waals surface area contributed by atoms with E-state index in [0.717, 1.165) is 6.42 Å². The van der Waals surface area contributed by atoms with Crippen molar-refractivity contribution < 1.29 is 102 Å². The molecule has 1 aliphatic carbocycles. The fourth-order valence-electron chi connectivity index (χ4n) is 14.5. The number of carbonyl (C=O) groups is 17. The Morgan fingerprint density at radius 3 is 1.72 bits per heavy atom. The van der Waals surface area contributed by atoms with Crippen molar-refractivity contribution >= 4 is 111 Å². The van der Waals surface area contributed by atoms with Crippen LogP contribution in [0.4, 0.5) is 0 Å². The number of benzene rings is 3. The Labute approximate surface area is 732 Å². The number of aromatic nitrogens is 1. The standard InChI is InChI=1S/C88H127N17O21/c1-49(2)42-64(95-54(7)108)80(120)103-72(53(6)107)84(124)100-67(43-55-26-19-18-20-27-55)83(123)105-87(8)40-23-16-14-12-10-11-13-15-17-24-41-88(9,86(126)102-69(48-106)81(121)94-51(4)74(114)92-50(3)73(90)113)104-82(122)66(44-56-28-25-29-56)98-76(116)62(36-38-70(89)110)96-75(115)52(5)93-78(118)68(46-58-47-91-61-31-22-21-30-60(58)61)99-79(119)65(45-57-32-34-59(109)35-33-57)97-77(117)63(101-85(87)125)37-39-71(111)112/h15,17-22,26-27,30-35,47,49-53,56,62-69,72,91,106-107,109H,10-14,16,23-25,28-29,36-46,48H2,1-9H3,(H2,89,110)(H2,90,113)(H,92,114)(H,93,118)(H,94,121)(H,95,108)(H,96,115)(H,97,117)(H,98,116)(H,99,119)(H,100,124)(H,101,125)(H,102,126)(H,103,120)(H,104,122)(H,105,123)(H,111,112)/b17-15-/t50-,51-,52-,53+,62-,63-,64-,65-,66-,67-,68-,69-,72-,87-,88-/m0/s1. The summed E-state index contributed by atoms with van der Waals surface area (Å²) in [6.07, 6.45) is 6.00. The molecule has 1 fully saturated rings. The summed E-state index contributed by atoms with van der Waals surface area (Å²) in [5.74, 6) is -16.9. The molecule has 0 radical (unpaired) electrons. The van der Waals surface area contributed by atoms with E-state index >= 15 is 28.8 Å². The molecule has 38 heteroatoms. The molecule has 2 heterocycles. The van der Waals surface area contributed by atoms with Crippen LogP contribution >= 0.6 is 0 Å². The van der Waals surface area contributed by atoms with Crippen molar-refractivity contribution in [1.82, 2.24) is 79.4 Å². The Bertz CT molecular complexity index is 4480. The topological polar surface area (TPSA) is 607 Å². The van der Waals surface area contributed by atoms with Crippen LogP contribution in [0.3, 0.4) is 0 Å². The second kappa shape index (κ2) is 50.0. The number of nitrogens with one attached hydrogen (secondary N) is 15. The van der Waals surface area contributed by atoms with Gasteiger partial charge in [0.15, 0.2) is 0 Å². The number of nitrogens with two attached hydrogens (primary N) is 2. The summed E-state index contributed by atoms with van der Waals surface area (Å²) >= 11 is 0. The number of aliphatic hydroxyl groups excluding tert-OH is 2. The van der Waals surface area contributed by atoms with E-state index in [9.17, 15) is 73.2 Å². The first-order valence-corrected chi connectivity index (χ1v) is 43.0. The molecular weight excluding hydrogens is 1630 g/mol. The van der Waals surface area contributed by atoms with Crippen molar-refractivity contribution in [2.45, 2.75) is 293 Å². The van der Waals surface area contributed by atoms with Gasteiger partial charge in [0.05, 0.1) is 12.7 Å². The van der Waals surface area contributed by atoms with Crippen molar-refractivity contribution in [3.63, 3.8) is 0 Å². The normalized spacial score (nSPS) is 22.9. The summed E-state index contributed by atoms with van der Waals surface area (Å²) in [5, 5.41) is 79.2. The van der Waals surface area contributed by atoms with Gasteiger partial charge in [0.2, 0.25) is 94.5 Å². The minimum Gasteiger partial charge on any atom is -0.508 e. The molecule has 23 N–H and O–H groups in total. The number of carbonyl (C=O) groups excluding carboxylic acids is 16. The second-order valence-electron chi connectivity index (χ2n) is 33.6. The highest BCUT2D eigenvalue weighted by atomic mass is 16.4. The SMILES string of the molecule is CC(=O)N[C@@H](CC(C)C)C(=O)N[C@H](C(=O)N[C@@H](Cc1ccccc1)C(=O)N[C@@]1(C)CCCCCCCC/C=C\CC[C@@](C)(C(=O)N[C@@H](CO)C(=O)N[C@@H](C)C(=O)N[C@@H](C)C(N)=O)NC(=O)[C@H](CC2CCC2)NC(=O)[C@H](CCC(N)=O)NC(=O)[C@H](C)NC(=O)[C@H](Cc2c[nH]c3ccccc23)NC(=O)[C@H](Cc2ccc(O)cc2)NC(=O)[C@H](CCC(=O)O)NC1=O)[C@@H](C)O. The number of carboxylic acid groups (broad SMARTS) is 1. The van der Waals surface area contributed by atoms with Gasteiger partial charge in [-0.2, -0.15) is 0 Å². The van der Waals surface area contributed by atoms with Gasteiger partial charge < -0.3 is 111 Å². The lowest BCUT2D eigenvalue weighted by Crippen LogP contribution is -2.65. The van der Waals surface area contributed by atoms with Crippen molar-refractivity contribution in [1.29, 1.82) is 0 Å². The van der Waals surface area contributed by atoms with Crippen LogP contribution in [0.2, 0.25) is 0 Å². The average molecular weight is 1760 g/mol. The number of allylic oxidation sites excluding steroid dienone is 2. The van der Waals surface area contributed by atoms with Crippen LogP contribution < -0.4 is 85.9 Å². The molecule has 126 heavy (non-hydrogen) atoms. The molecule has 38 nitrogen and oxygen atoms in total. The predicted octanol–water partition coefficient (Wildman–Crippen LogP) is 0.244. The molecule has 1 saturated carbocycles. The third-order valence-electron chi connectivity index (χ3n) is 22.3. The number of phenols is 1. The Balaban J connectivity index is 1.43. The first kappa shape index (κ1) is 102. The number of aliphatic hydroxyl groups is 2. The third kappa shape index (κ3) is 33.3. The zero-order valence-corrected chi connectivity index (χ0v) is 73.0. The fourth-order valence-corrected chi connectivity index (χ4v) is 14.5. The van der Waals surface area contributed by atoms with E-state index in [4.69, 9.17) is 11.5 Å². The highest BCUT2D eigenvalue weighted by Crippen LogP contribution is 2.31. The smallest absolute Gasteiger partial charge is 0.303 e. The minimum absolute atomic E-state index is 0.0112. The number of primary amides is 2. The van der Waals surface area contributed by atoms with Gasteiger partial charge in [-0.25, -0.2) is 0 Å². The lowest BCUT2D eigenvalue weighted by atomic mass is 9.80. The van der Waals surface area contributed by atoms with Crippen LogP contribution in [0.15, 0.2) is 97.2 Å². The van der Waals surface area contributed by atoms with Crippen LogP contribution in [0.5, 0.6) is 5.75 Å². The number of hydrogen-bond acceptors (Lipinski definition) is 20. The van der Waals surface area contributed by atoms with Crippen molar-refractivity contribution in [3.8, 4) is 5.75 Å². The Morgan fingerprint density at radius 1 is 0.540 bits per heavy atom. The van der Waals surface area contributed by atoms with Gasteiger partial charge in [0, 0.05) is 56.1 Å². The number of aliphatic carboxylic acids is 1. The van der Waals surface area contributed by atoms with Crippen molar-refractivity contribution in [3.05, 3.63) is 114 Å². The number of fused-ring (bicyclic) bond motifs is 1. The molecule has 0 unspecified atom stereocenters. The molecule has 0 bridgehead atoms. The average Bonchev–Trinajstić information content (AvgIpc) is 1.24. The van der Waals surface area contributed by atoms with Crippen LogP contribution in [-0.4, -0.2) is 222 Å². The third-order valence-corrected chi connectivity index (χ3v) is 22.3. The number of H-pyrrole nitrogens is 1. The molecule has 4 aromatic rings. The van der Waals surface area contributed by atoms with E-state index in [-0.39, 0.29) is 69.0 Å². The molecule has 0 saturated heterocycles. The largest absolute Gasteiger partial charge is 0.508 e. The maximum absolute atomic E-state index is 15.5. The summed E-state index contributed by atoms with van der Waals surface area (Å²) in [6.45, 7) is 11.6. The second-order valence-corrected chi connectivity index (χ2v) is 33.6. The van der Waals surface area contributed by atoms with Gasteiger partial charge >= 0.3 is 5.97 Å². The number of carboxylic acids is 1. The number of amides is 16. The number of para-hydroxylation sites is 1. The fraction of sp³-hybridized carbons (Fsp3) is 0.557. The summed E-state index contributed by atoms with van der Waals surface area (Å²) < 4.78 is 0. The van der Waals surface area contributed by atoms with E-state index in [2.05, 4.69) is 79.4 Å². The molecule has 1 aliphatic heterocycles. The molecule has 2 aliphatic rings. The molecule has 1 aromatic heterocycles. The van der Waals surface area contributed by atoms with E-state index in [1.54, 1.807) is 80.7 Å². The van der Waals surface area contributed by atoms with Crippen LogP contribution in [-0.2, 0) is 101 Å². The lowest BCUT2D eigenvalue weighted by Gasteiger charge is -2.35. The zero-order valence-electron chi connectivity index (χ0n) is 73.0. The molecule has 16 amide bonds. The summed E-state index contributed by atoms with van der Waals surface area (Å²) in [5.41, 5.74) is 8.83. The molecule has 690 valence electrons. The number of aromatic hydroxyl groups is 1. The lowest BCUT2D eigenvalue weighted by molar-refractivity contribution is -0.140. The number of hydrogen-bond donors (Lipinski definition) is 21. The zero-order chi connectivity index (χ0) is 93.1. The van der Waals surface area contributed by atoms with Crippen LogP contribution in [0.25, 0.3) is 10.9 Å². The maximum atomic E-state index is 15.5. The van der Waals surface area contributed by atoms with E-state index in [1.165, 1.54) is 72.7 Å². The van der Waals surface area contributed by atoms with Gasteiger partial charge in [-0.1, -0.05) is 138 Å². The Morgan fingerprint density at radius 2 is 1.11 bits per heavy atom. The molecular formula is C88H127N17O21. The van der Waals surface area contributed by atoms with E-state index < -0.39 is 229 Å². The van der Waals surface area contributed by atoms with Gasteiger partial charge in [-0.15, -0.1) is 0 Å². The van der Waals surface area contributed by atoms with Crippen LogP contribution in [0.1, 0.15) is 201 Å². The van der Waals surface area contributed by atoms with Gasteiger partial charge in [-0.05, 0) is 146 Å². The van der Waals surface area contributed by atoms with E-state index in [1.807, 2.05) is 6.08 Å². The summed E-state index contributed by atoms with van der Waals surface area (Å²) in [6, 6.07) is 2.34. The van der Waals surface area contributed by atoms with Crippen LogP contribution in [0, 0.1) is 11.8 Å². The molecule has 3 aromatic carbocycles. The molecule has 0 spiro atoms. The monoisotopic (exact) mass is 1760 g/mol. The number of phenolic OH excluding ortho intramolecular Hbond substituents is 1. The van der Waals surface area contributed by atoms with Gasteiger partial charge in [0.25, 0.3) is 0 Å². The first-order valence-electron chi connectivity index (χ1n) is 43.0. The van der Waals surface area contributed by atoms with Crippen molar-refractivity contribution in [2.75, 3.05) is 6.61 Å². The molecule has 15 atom stereocenters. The Hall–Kier alpha value is -12.4. The summed E-state index contributed by atoms with van der Waals surface area (Å²) in [4.78, 5) is 243. The quantitative estimate of drug-likeness (QED) is 0.0291. The number of aromatic amines is 1. The predicted molar refractivity (Wildman–Crippen MR) is 463 cm³/mol. The Kier molecular flexibility index (Phi) is 40.6.